The lowest BCUT2D eigenvalue weighted by Crippen LogP contribution is -2.42. The lowest BCUT2D eigenvalue weighted by atomic mass is 10.1. The van der Waals surface area contributed by atoms with Crippen LogP contribution in [0.5, 0.6) is 0 Å². The van der Waals surface area contributed by atoms with Crippen LogP contribution in [-0.2, 0) is 4.74 Å². The number of hydrogen-bond donors (Lipinski definition) is 1. The summed E-state index contributed by atoms with van der Waals surface area (Å²) in [7, 11) is 1.73. The van der Waals surface area contributed by atoms with Crippen molar-refractivity contribution in [1.29, 1.82) is 0 Å². The Hall–Kier alpha value is -3.16. The van der Waals surface area contributed by atoms with Crippen LogP contribution in [0.3, 0.4) is 0 Å². The fourth-order valence-electron chi connectivity index (χ4n) is 3.32. The van der Waals surface area contributed by atoms with Crippen molar-refractivity contribution in [1.82, 2.24) is 14.9 Å². The van der Waals surface area contributed by atoms with Gasteiger partial charge < -0.3 is 19.9 Å². The number of anilines is 2. The maximum absolute atomic E-state index is 12.9. The van der Waals surface area contributed by atoms with Gasteiger partial charge in [-0.15, -0.1) is 0 Å². The molecule has 0 spiro atoms. The molecule has 0 radical (unpaired) electrons. The monoisotopic (exact) mass is 397 g/mol. The quantitative estimate of drug-likeness (QED) is 0.834. The molecule has 1 aliphatic heterocycles. The van der Waals surface area contributed by atoms with Gasteiger partial charge in [-0.3, -0.25) is 4.79 Å². The summed E-state index contributed by atoms with van der Waals surface area (Å²) in [4.78, 5) is 36.7. The molecule has 0 unspecified atom stereocenters. The van der Waals surface area contributed by atoms with E-state index >= 15 is 0 Å². The molecular formula is C21H27N5O3. The fraction of sp³-hybridized carbons (Fsp3) is 0.429. The number of nitrogens with zero attached hydrogens (tertiary/aromatic N) is 4. The van der Waals surface area contributed by atoms with Gasteiger partial charge in [-0.1, -0.05) is 18.2 Å². The van der Waals surface area contributed by atoms with Crippen LogP contribution in [0.4, 0.5) is 16.3 Å². The topological polar surface area (TPSA) is 87.7 Å². The van der Waals surface area contributed by atoms with Crippen molar-refractivity contribution in [2.75, 3.05) is 37.0 Å². The van der Waals surface area contributed by atoms with Gasteiger partial charge >= 0.3 is 6.09 Å². The molecule has 1 aliphatic rings. The van der Waals surface area contributed by atoms with Crippen molar-refractivity contribution in [3.63, 3.8) is 0 Å². The molecule has 8 nitrogen and oxygen atoms in total. The van der Waals surface area contributed by atoms with Gasteiger partial charge in [-0.05, 0) is 38.8 Å². The van der Waals surface area contributed by atoms with E-state index in [0.717, 1.165) is 18.5 Å². The predicted octanol–water partition coefficient (Wildman–Crippen LogP) is 3.09. The molecule has 0 atom stereocenters. The van der Waals surface area contributed by atoms with E-state index in [-0.39, 0.29) is 18.0 Å². The lowest BCUT2D eigenvalue weighted by molar-refractivity contribution is 0.0976. The van der Waals surface area contributed by atoms with Gasteiger partial charge in [0.05, 0.1) is 6.61 Å². The molecule has 2 amide bonds. The third-order valence-corrected chi connectivity index (χ3v) is 4.88. The molecule has 1 aromatic carbocycles. The van der Waals surface area contributed by atoms with Crippen molar-refractivity contribution in [3.05, 3.63) is 47.9 Å². The van der Waals surface area contributed by atoms with Crippen molar-refractivity contribution in [2.45, 2.75) is 32.7 Å². The maximum atomic E-state index is 12.9. The van der Waals surface area contributed by atoms with Crippen LogP contribution in [0.15, 0.2) is 36.4 Å². The summed E-state index contributed by atoms with van der Waals surface area (Å²) in [6.07, 6.45) is 1.31. The van der Waals surface area contributed by atoms with Crippen molar-refractivity contribution < 1.29 is 14.3 Å². The number of nitrogens with one attached hydrogen (secondary N) is 1. The molecule has 154 valence electrons. The molecule has 29 heavy (non-hydrogen) atoms. The van der Waals surface area contributed by atoms with E-state index in [1.807, 2.05) is 30.3 Å². The summed E-state index contributed by atoms with van der Waals surface area (Å²) >= 11 is 0. The maximum Gasteiger partial charge on any atom is 0.409 e. The molecule has 0 aliphatic carbocycles. The van der Waals surface area contributed by atoms with Crippen molar-refractivity contribution in [2.24, 2.45) is 0 Å². The third-order valence-electron chi connectivity index (χ3n) is 4.88. The molecule has 8 heteroatoms. The number of piperidine rings is 1. The molecule has 3 rings (SSSR count). The zero-order chi connectivity index (χ0) is 20.8. The highest BCUT2D eigenvalue weighted by molar-refractivity contribution is 6.04. The number of hydrogen-bond acceptors (Lipinski definition) is 6. The number of aryl methyl sites for hydroxylation is 1. The normalized spacial score (nSPS) is 14.4. The van der Waals surface area contributed by atoms with Crippen molar-refractivity contribution in [3.8, 4) is 0 Å². The minimum Gasteiger partial charge on any atom is -0.450 e. The van der Waals surface area contributed by atoms with E-state index in [2.05, 4.69) is 15.3 Å². The molecule has 1 saturated heterocycles. The van der Waals surface area contributed by atoms with Crippen LogP contribution in [0.25, 0.3) is 0 Å². The SMILES string of the molecule is CCOC(=O)N1CCC(Nc2cc(C(=O)N(C)c3ccccc3)nc(C)n2)CC1. The van der Waals surface area contributed by atoms with E-state index in [1.165, 1.54) is 0 Å². The number of benzene rings is 1. The molecule has 0 saturated carbocycles. The van der Waals surface area contributed by atoms with E-state index in [9.17, 15) is 9.59 Å². The Kier molecular flexibility index (Phi) is 6.64. The Balaban J connectivity index is 1.65. The molecule has 1 fully saturated rings. The van der Waals surface area contributed by atoms with E-state index in [0.29, 0.717) is 37.0 Å². The van der Waals surface area contributed by atoms with Crippen LogP contribution in [-0.4, -0.2) is 59.7 Å². The van der Waals surface area contributed by atoms with Crippen LogP contribution in [0, 0.1) is 6.92 Å². The Morgan fingerprint density at radius 1 is 1.21 bits per heavy atom. The Labute approximate surface area is 170 Å². The summed E-state index contributed by atoms with van der Waals surface area (Å²) in [5.41, 5.74) is 1.14. The Bertz CT molecular complexity index is 851. The first-order valence-electron chi connectivity index (χ1n) is 9.85. The van der Waals surface area contributed by atoms with Crippen LogP contribution in [0.1, 0.15) is 36.1 Å². The smallest absolute Gasteiger partial charge is 0.409 e. The van der Waals surface area contributed by atoms with Crippen LogP contribution < -0.4 is 10.2 Å². The minimum atomic E-state index is -0.263. The number of carbonyl (C=O) groups excluding carboxylic acids is 2. The number of likely N-dealkylation sites (tertiary alicyclic amines) is 1. The summed E-state index contributed by atoms with van der Waals surface area (Å²) in [6.45, 7) is 5.21. The largest absolute Gasteiger partial charge is 0.450 e. The fourth-order valence-corrected chi connectivity index (χ4v) is 3.32. The Morgan fingerprint density at radius 2 is 1.90 bits per heavy atom. The highest BCUT2D eigenvalue weighted by Gasteiger charge is 2.24. The van der Waals surface area contributed by atoms with Gasteiger partial charge in [0.15, 0.2) is 0 Å². The minimum absolute atomic E-state index is 0.171. The summed E-state index contributed by atoms with van der Waals surface area (Å²) in [5.74, 6) is 0.961. The first kappa shape index (κ1) is 20.6. The Morgan fingerprint density at radius 3 is 2.55 bits per heavy atom. The standard InChI is InChI=1S/C21H27N5O3/c1-4-29-21(28)26-12-10-16(11-13-26)24-19-14-18(22-15(2)23-19)20(27)25(3)17-8-6-5-7-9-17/h5-9,14,16H,4,10-13H2,1-3H3,(H,22,23,24). The van der Waals surface area contributed by atoms with E-state index in [4.69, 9.17) is 4.74 Å². The average Bonchev–Trinajstić information content (AvgIpc) is 2.73. The molecule has 1 N–H and O–H groups in total. The molecule has 0 bridgehead atoms. The average molecular weight is 397 g/mol. The molecule has 2 heterocycles. The van der Waals surface area contributed by atoms with Crippen LogP contribution in [0.2, 0.25) is 0 Å². The number of para-hydroxylation sites is 1. The highest BCUT2D eigenvalue weighted by Crippen LogP contribution is 2.19. The second-order valence-corrected chi connectivity index (χ2v) is 6.99. The van der Waals surface area contributed by atoms with Gasteiger partial charge in [-0.2, -0.15) is 0 Å². The molecule has 2 aromatic rings. The van der Waals surface area contributed by atoms with Crippen molar-refractivity contribution >= 4 is 23.5 Å². The summed E-state index contributed by atoms with van der Waals surface area (Å²) in [6, 6.07) is 11.3. The second-order valence-electron chi connectivity index (χ2n) is 6.99. The van der Waals surface area contributed by atoms with Gasteiger partial charge in [-0.25, -0.2) is 14.8 Å². The van der Waals surface area contributed by atoms with E-state index in [1.54, 1.807) is 36.8 Å². The first-order valence-corrected chi connectivity index (χ1v) is 9.85. The number of carbonyl (C=O) groups is 2. The van der Waals surface area contributed by atoms with Gasteiger partial charge in [0.25, 0.3) is 5.91 Å². The van der Waals surface area contributed by atoms with Gasteiger partial charge in [0, 0.05) is 37.9 Å². The zero-order valence-electron chi connectivity index (χ0n) is 17.1. The zero-order valence-corrected chi connectivity index (χ0v) is 17.1. The first-order chi connectivity index (χ1) is 14.0. The number of rotatable bonds is 5. The van der Waals surface area contributed by atoms with Crippen LogP contribution >= 0.6 is 0 Å². The summed E-state index contributed by atoms with van der Waals surface area (Å²) in [5, 5.41) is 3.39. The summed E-state index contributed by atoms with van der Waals surface area (Å²) < 4.78 is 5.06. The molecule has 1 aromatic heterocycles. The third kappa shape index (κ3) is 5.22. The van der Waals surface area contributed by atoms with E-state index < -0.39 is 0 Å². The van der Waals surface area contributed by atoms with Gasteiger partial charge in [0.2, 0.25) is 0 Å². The number of aromatic nitrogens is 2. The molecular weight excluding hydrogens is 370 g/mol. The second kappa shape index (κ2) is 9.36. The van der Waals surface area contributed by atoms with Gasteiger partial charge in [0.1, 0.15) is 17.3 Å². The lowest BCUT2D eigenvalue weighted by Gasteiger charge is -2.31. The number of ether oxygens (including phenoxy) is 1. The predicted molar refractivity (Wildman–Crippen MR) is 111 cm³/mol. The highest BCUT2D eigenvalue weighted by atomic mass is 16.6. The number of amides is 2.